The van der Waals surface area contributed by atoms with Crippen LogP contribution in [0.25, 0.3) is 0 Å². The molecule has 1 amide bonds. The standard InChI is InChI=1S/C26H31FN6O/c1-16(2)30-25(34)20-15-29-24(31-19-9-8-18-14-28-11-10-17(18)12-19)13-21(20)32-23-7-5-6-22(33-23)26(3,4)27/h5-9,12-13,15-16,28H,10-11,14H2,1-4H3,(H,30,34)(H2,29,31,32,33). The third-order valence-electron chi connectivity index (χ3n) is 5.55. The van der Waals surface area contributed by atoms with Gasteiger partial charge in [0, 0.05) is 30.5 Å². The zero-order valence-corrected chi connectivity index (χ0v) is 20.0. The van der Waals surface area contributed by atoms with E-state index >= 15 is 0 Å². The van der Waals surface area contributed by atoms with Gasteiger partial charge in [0.15, 0.2) is 0 Å². The quantitative estimate of drug-likeness (QED) is 0.397. The van der Waals surface area contributed by atoms with Gasteiger partial charge in [-0.25, -0.2) is 14.4 Å². The number of alkyl halides is 1. The molecular weight excluding hydrogens is 431 g/mol. The average molecular weight is 463 g/mol. The number of benzene rings is 1. The number of hydrogen-bond donors (Lipinski definition) is 4. The van der Waals surface area contributed by atoms with Crippen LogP contribution in [-0.2, 0) is 18.6 Å². The number of fused-ring (bicyclic) bond motifs is 1. The molecule has 1 aromatic carbocycles. The topological polar surface area (TPSA) is 91.0 Å². The zero-order valence-electron chi connectivity index (χ0n) is 20.0. The molecule has 7 nitrogen and oxygen atoms in total. The maximum Gasteiger partial charge on any atom is 0.255 e. The van der Waals surface area contributed by atoms with Gasteiger partial charge in [0.25, 0.3) is 5.91 Å². The maximum atomic E-state index is 14.4. The summed E-state index contributed by atoms with van der Waals surface area (Å²) in [5.74, 6) is 0.777. The fourth-order valence-electron chi connectivity index (χ4n) is 3.82. The van der Waals surface area contributed by atoms with Crippen LogP contribution >= 0.6 is 0 Å². The SMILES string of the molecule is CC(C)NC(=O)c1cnc(Nc2ccc3c(c2)CCNC3)cc1Nc1cccc(C(C)(C)F)n1. The van der Waals surface area contributed by atoms with Crippen molar-refractivity contribution in [3.8, 4) is 0 Å². The molecule has 0 radical (unpaired) electrons. The van der Waals surface area contributed by atoms with Crippen molar-refractivity contribution in [2.24, 2.45) is 0 Å². The fraction of sp³-hybridized carbons (Fsp3) is 0.346. The Kier molecular flexibility index (Phi) is 6.79. The number of nitrogens with one attached hydrogen (secondary N) is 4. The highest BCUT2D eigenvalue weighted by Gasteiger charge is 2.21. The van der Waals surface area contributed by atoms with Crippen LogP contribution in [-0.4, -0.2) is 28.5 Å². The van der Waals surface area contributed by atoms with E-state index < -0.39 is 5.67 Å². The summed E-state index contributed by atoms with van der Waals surface area (Å²) in [6.45, 7) is 8.56. The van der Waals surface area contributed by atoms with Gasteiger partial charge >= 0.3 is 0 Å². The number of pyridine rings is 2. The number of amides is 1. The first-order valence-electron chi connectivity index (χ1n) is 11.5. The first-order chi connectivity index (χ1) is 16.2. The summed E-state index contributed by atoms with van der Waals surface area (Å²) in [7, 11) is 0. The number of rotatable bonds is 7. The zero-order chi connectivity index (χ0) is 24.3. The van der Waals surface area contributed by atoms with Gasteiger partial charge in [-0.15, -0.1) is 0 Å². The van der Waals surface area contributed by atoms with Crippen LogP contribution < -0.4 is 21.3 Å². The Morgan fingerprint density at radius 1 is 1.09 bits per heavy atom. The van der Waals surface area contributed by atoms with E-state index in [0.29, 0.717) is 28.6 Å². The number of aromatic nitrogens is 2. The van der Waals surface area contributed by atoms with Crippen LogP contribution in [0.5, 0.6) is 0 Å². The van der Waals surface area contributed by atoms with Crippen molar-refractivity contribution in [1.29, 1.82) is 0 Å². The molecule has 0 aliphatic carbocycles. The lowest BCUT2D eigenvalue weighted by Crippen LogP contribution is -2.30. The molecule has 0 spiro atoms. The van der Waals surface area contributed by atoms with Crippen LogP contribution in [0.1, 0.15) is 54.9 Å². The largest absolute Gasteiger partial charge is 0.350 e. The van der Waals surface area contributed by atoms with Gasteiger partial charge in [0.2, 0.25) is 0 Å². The van der Waals surface area contributed by atoms with E-state index in [0.717, 1.165) is 25.2 Å². The number of hydrogen-bond acceptors (Lipinski definition) is 6. The van der Waals surface area contributed by atoms with Gasteiger partial charge in [-0.1, -0.05) is 12.1 Å². The molecule has 0 atom stereocenters. The van der Waals surface area contributed by atoms with Crippen molar-refractivity contribution >= 4 is 28.9 Å². The highest BCUT2D eigenvalue weighted by atomic mass is 19.1. The highest BCUT2D eigenvalue weighted by molar-refractivity contribution is 6.00. The van der Waals surface area contributed by atoms with E-state index in [9.17, 15) is 9.18 Å². The lowest BCUT2D eigenvalue weighted by atomic mass is 10.0. The minimum absolute atomic E-state index is 0.0306. The van der Waals surface area contributed by atoms with Crippen LogP contribution in [0.4, 0.5) is 27.4 Å². The summed E-state index contributed by atoms with van der Waals surface area (Å²) in [6.07, 6.45) is 2.51. The normalized spacial score (nSPS) is 13.4. The number of carbonyl (C=O) groups is 1. The Morgan fingerprint density at radius 2 is 1.91 bits per heavy atom. The van der Waals surface area contributed by atoms with Crippen molar-refractivity contribution in [3.05, 3.63) is 71.0 Å². The molecule has 3 heterocycles. The van der Waals surface area contributed by atoms with Crippen LogP contribution in [0.15, 0.2) is 48.7 Å². The molecule has 0 unspecified atom stereocenters. The first-order valence-corrected chi connectivity index (χ1v) is 11.5. The van der Waals surface area contributed by atoms with E-state index in [-0.39, 0.29) is 11.9 Å². The van der Waals surface area contributed by atoms with Gasteiger partial charge in [-0.2, -0.15) is 0 Å². The van der Waals surface area contributed by atoms with Crippen LogP contribution in [0.3, 0.4) is 0 Å². The highest BCUT2D eigenvalue weighted by Crippen LogP contribution is 2.28. The predicted octanol–water partition coefficient (Wildman–Crippen LogP) is 4.95. The molecule has 0 fully saturated rings. The Balaban J connectivity index is 1.65. The van der Waals surface area contributed by atoms with E-state index in [1.807, 2.05) is 19.9 Å². The van der Waals surface area contributed by atoms with Crippen molar-refractivity contribution < 1.29 is 9.18 Å². The second kappa shape index (κ2) is 9.77. The Bertz CT molecular complexity index is 1190. The van der Waals surface area contributed by atoms with Crippen molar-refractivity contribution in [2.75, 3.05) is 17.2 Å². The van der Waals surface area contributed by atoms with Gasteiger partial charge in [-0.3, -0.25) is 4.79 Å². The first kappa shape index (κ1) is 23.6. The number of anilines is 4. The second-order valence-electron chi connectivity index (χ2n) is 9.28. The minimum atomic E-state index is -1.58. The minimum Gasteiger partial charge on any atom is -0.350 e. The Hall–Kier alpha value is -3.52. The lowest BCUT2D eigenvalue weighted by molar-refractivity contribution is 0.0943. The van der Waals surface area contributed by atoms with Crippen LogP contribution in [0, 0.1) is 0 Å². The van der Waals surface area contributed by atoms with E-state index in [1.54, 1.807) is 24.3 Å². The molecule has 4 N–H and O–H groups in total. The molecule has 1 aliphatic rings. The summed E-state index contributed by atoms with van der Waals surface area (Å²) in [6, 6.07) is 13.1. The van der Waals surface area contributed by atoms with Gasteiger partial charge in [0.05, 0.1) is 16.9 Å². The van der Waals surface area contributed by atoms with Crippen molar-refractivity contribution in [1.82, 2.24) is 20.6 Å². The van der Waals surface area contributed by atoms with Crippen molar-refractivity contribution in [2.45, 2.75) is 52.4 Å². The monoisotopic (exact) mass is 462 g/mol. The number of carbonyl (C=O) groups excluding carboxylic acids is 1. The molecule has 178 valence electrons. The lowest BCUT2D eigenvalue weighted by Gasteiger charge is -2.19. The maximum absolute atomic E-state index is 14.4. The molecule has 34 heavy (non-hydrogen) atoms. The number of nitrogens with zero attached hydrogens (tertiary/aromatic N) is 2. The van der Waals surface area contributed by atoms with Gasteiger partial charge in [0.1, 0.15) is 17.3 Å². The van der Waals surface area contributed by atoms with E-state index in [2.05, 4.69) is 43.4 Å². The van der Waals surface area contributed by atoms with E-state index in [1.165, 1.54) is 31.2 Å². The third kappa shape index (κ3) is 5.69. The van der Waals surface area contributed by atoms with Crippen LogP contribution in [0.2, 0.25) is 0 Å². The molecule has 8 heteroatoms. The number of halogens is 1. The summed E-state index contributed by atoms with van der Waals surface area (Å²) in [4.78, 5) is 21.7. The molecule has 0 bridgehead atoms. The average Bonchev–Trinajstić information content (AvgIpc) is 2.78. The van der Waals surface area contributed by atoms with Gasteiger partial charge < -0.3 is 21.3 Å². The third-order valence-corrected chi connectivity index (χ3v) is 5.55. The van der Waals surface area contributed by atoms with Crippen molar-refractivity contribution in [3.63, 3.8) is 0 Å². The molecule has 1 aliphatic heterocycles. The predicted molar refractivity (Wildman–Crippen MR) is 134 cm³/mol. The Labute approximate surface area is 199 Å². The molecule has 0 saturated heterocycles. The second-order valence-corrected chi connectivity index (χ2v) is 9.28. The van der Waals surface area contributed by atoms with Gasteiger partial charge in [-0.05, 0) is 76.1 Å². The summed E-state index contributed by atoms with van der Waals surface area (Å²) >= 11 is 0. The smallest absolute Gasteiger partial charge is 0.255 e. The summed E-state index contributed by atoms with van der Waals surface area (Å²) < 4.78 is 14.4. The molecule has 4 rings (SSSR count). The molecule has 2 aromatic heterocycles. The molecule has 0 saturated carbocycles. The molecular formula is C26H31FN6O. The fourth-order valence-corrected chi connectivity index (χ4v) is 3.82. The summed E-state index contributed by atoms with van der Waals surface area (Å²) in [5, 5.41) is 12.8. The molecule has 3 aromatic rings. The Morgan fingerprint density at radius 3 is 2.68 bits per heavy atom. The van der Waals surface area contributed by atoms with E-state index in [4.69, 9.17) is 0 Å². The summed E-state index contributed by atoms with van der Waals surface area (Å²) in [5.41, 5.74) is 3.17.